The van der Waals surface area contributed by atoms with Gasteiger partial charge < -0.3 is 23.4 Å². The average Bonchev–Trinajstić information content (AvgIpc) is 3.09. The number of rotatable bonds is 4. The molecule has 0 aromatic heterocycles. The van der Waals surface area contributed by atoms with Gasteiger partial charge in [-0.25, -0.2) is 0 Å². The van der Waals surface area contributed by atoms with Crippen LogP contribution in [0.25, 0.3) is 0 Å². The van der Waals surface area contributed by atoms with Crippen molar-refractivity contribution in [2.24, 2.45) is 5.92 Å². The zero-order valence-corrected chi connectivity index (χ0v) is 17.7. The summed E-state index contributed by atoms with van der Waals surface area (Å²) in [6.45, 7) is 6.00. The minimum Gasteiger partial charge on any atom is -0.492 e. The average molecular weight is 391 g/mol. The number of Topliss-reactive ketones (excluding diaryl/α,β-unsaturated/α-hetero) is 1. The van der Waals surface area contributed by atoms with Gasteiger partial charge in [-0.05, 0) is 38.3 Å². The molecule has 1 aromatic rings. The van der Waals surface area contributed by atoms with Crippen LogP contribution in [0.1, 0.15) is 50.3 Å². The van der Waals surface area contributed by atoms with E-state index in [4.69, 9.17) is 18.9 Å². The molecule has 154 valence electrons. The number of ether oxygens (including phenoxy) is 4. The smallest absolute Gasteiger partial charge is 0.231 e. The highest BCUT2D eigenvalue weighted by molar-refractivity contribution is 5.82. The van der Waals surface area contributed by atoms with E-state index < -0.39 is 0 Å². The van der Waals surface area contributed by atoms with Crippen molar-refractivity contribution in [3.05, 3.63) is 17.2 Å². The van der Waals surface area contributed by atoms with Gasteiger partial charge in [0.25, 0.3) is 0 Å². The molecule has 0 unspecified atom stereocenters. The number of quaternary nitrogens is 1. The van der Waals surface area contributed by atoms with Gasteiger partial charge in [0.1, 0.15) is 11.8 Å². The zero-order valence-electron chi connectivity index (χ0n) is 17.7. The number of methoxy groups -OCH3 is 1. The van der Waals surface area contributed by atoms with E-state index in [9.17, 15) is 4.79 Å². The first-order valence-electron chi connectivity index (χ1n) is 10.2. The van der Waals surface area contributed by atoms with Gasteiger partial charge in [-0.15, -0.1) is 0 Å². The lowest BCUT2D eigenvalue weighted by atomic mass is 9.80. The highest BCUT2D eigenvalue weighted by atomic mass is 16.7. The number of likely N-dealkylation sites (N-methyl/N-ethyl adjacent to an activating group) is 1. The molecule has 0 aliphatic carbocycles. The van der Waals surface area contributed by atoms with Crippen LogP contribution in [0.3, 0.4) is 0 Å². The Labute approximate surface area is 167 Å². The molecular formula is C22H32NO5+. The van der Waals surface area contributed by atoms with Crippen LogP contribution in [0.4, 0.5) is 0 Å². The van der Waals surface area contributed by atoms with Crippen LogP contribution < -0.4 is 14.2 Å². The second-order valence-electron chi connectivity index (χ2n) is 9.45. The van der Waals surface area contributed by atoms with E-state index in [1.165, 1.54) is 5.56 Å². The SMILES string of the molecule is COc1c2c(cc3c1[C@H](CC(=O)[C@H]1CCOC(C)(C)C1)[N+](C)(C)CC3)OCO2. The summed E-state index contributed by atoms with van der Waals surface area (Å²) in [4.78, 5) is 13.3. The molecule has 0 radical (unpaired) electrons. The molecule has 1 saturated heterocycles. The third-order valence-electron chi connectivity index (χ3n) is 6.63. The Kier molecular flexibility index (Phi) is 4.82. The maximum absolute atomic E-state index is 13.3. The van der Waals surface area contributed by atoms with E-state index in [1.54, 1.807) is 7.11 Å². The van der Waals surface area contributed by atoms with Crippen molar-refractivity contribution in [1.29, 1.82) is 0 Å². The number of hydrogen-bond acceptors (Lipinski definition) is 5. The van der Waals surface area contributed by atoms with Crippen LogP contribution >= 0.6 is 0 Å². The van der Waals surface area contributed by atoms with E-state index >= 15 is 0 Å². The summed E-state index contributed by atoms with van der Waals surface area (Å²) >= 11 is 0. The van der Waals surface area contributed by atoms with Gasteiger partial charge in [0, 0.05) is 18.9 Å². The topological polar surface area (TPSA) is 54.0 Å². The molecule has 3 aliphatic heterocycles. The molecule has 0 spiro atoms. The fourth-order valence-corrected chi connectivity index (χ4v) is 4.98. The lowest BCUT2D eigenvalue weighted by molar-refractivity contribution is -0.922. The number of ketones is 1. The Morgan fingerprint density at radius 1 is 1.32 bits per heavy atom. The van der Waals surface area contributed by atoms with Crippen LogP contribution in [0.15, 0.2) is 6.07 Å². The molecule has 0 bridgehead atoms. The number of carbonyl (C=O) groups excluding carboxylic acids is 1. The fraction of sp³-hybridized carbons (Fsp3) is 0.682. The summed E-state index contributed by atoms with van der Waals surface area (Å²) < 4.78 is 23.7. The van der Waals surface area contributed by atoms with Crippen LogP contribution in [0, 0.1) is 5.92 Å². The second-order valence-corrected chi connectivity index (χ2v) is 9.45. The molecule has 4 rings (SSSR count). The quantitative estimate of drug-likeness (QED) is 0.739. The van der Waals surface area contributed by atoms with E-state index in [2.05, 4.69) is 34.0 Å². The molecule has 1 aromatic carbocycles. The molecular weight excluding hydrogens is 358 g/mol. The van der Waals surface area contributed by atoms with Gasteiger partial charge >= 0.3 is 0 Å². The van der Waals surface area contributed by atoms with Crippen LogP contribution in [0.2, 0.25) is 0 Å². The van der Waals surface area contributed by atoms with Crippen molar-refractivity contribution in [3.63, 3.8) is 0 Å². The minimum absolute atomic E-state index is 0.0478. The molecule has 6 nitrogen and oxygen atoms in total. The lowest BCUT2D eigenvalue weighted by Crippen LogP contribution is -2.49. The van der Waals surface area contributed by atoms with Gasteiger partial charge in [0.05, 0.1) is 45.3 Å². The number of carbonyl (C=O) groups is 1. The van der Waals surface area contributed by atoms with Crippen LogP contribution in [-0.4, -0.2) is 57.0 Å². The molecule has 0 saturated carbocycles. The first-order chi connectivity index (χ1) is 13.2. The van der Waals surface area contributed by atoms with Gasteiger partial charge in [-0.1, -0.05) is 0 Å². The number of nitrogens with zero attached hydrogens (tertiary/aromatic N) is 1. The number of hydrogen-bond donors (Lipinski definition) is 0. The molecule has 0 N–H and O–H groups in total. The summed E-state index contributed by atoms with van der Waals surface area (Å²) in [5.41, 5.74) is 2.10. The third kappa shape index (κ3) is 3.37. The Morgan fingerprint density at radius 2 is 2.11 bits per heavy atom. The first kappa shape index (κ1) is 19.5. The van der Waals surface area contributed by atoms with Crippen molar-refractivity contribution in [1.82, 2.24) is 0 Å². The molecule has 3 aliphatic rings. The van der Waals surface area contributed by atoms with E-state index in [0.717, 1.165) is 47.4 Å². The molecule has 3 heterocycles. The monoisotopic (exact) mass is 390 g/mol. The van der Waals surface area contributed by atoms with E-state index in [-0.39, 0.29) is 24.4 Å². The predicted octanol–water partition coefficient (Wildman–Crippen LogP) is 3.26. The van der Waals surface area contributed by atoms with Gasteiger partial charge in [0.15, 0.2) is 11.5 Å². The van der Waals surface area contributed by atoms with E-state index in [1.807, 2.05) is 0 Å². The summed E-state index contributed by atoms with van der Waals surface area (Å²) in [6.07, 6.45) is 3.05. The van der Waals surface area contributed by atoms with Crippen molar-refractivity contribution in [2.45, 2.75) is 51.2 Å². The molecule has 28 heavy (non-hydrogen) atoms. The maximum Gasteiger partial charge on any atom is 0.231 e. The molecule has 2 atom stereocenters. The number of fused-ring (bicyclic) bond motifs is 2. The van der Waals surface area contributed by atoms with Crippen LogP contribution in [0.5, 0.6) is 17.2 Å². The van der Waals surface area contributed by atoms with Crippen LogP contribution in [-0.2, 0) is 16.0 Å². The van der Waals surface area contributed by atoms with Crippen molar-refractivity contribution >= 4 is 5.78 Å². The maximum atomic E-state index is 13.3. The zero-order chi connectivity index (χ0) is 20.1. The fourth-order valence-electron chi connectivity index (χ4n) is 4.98. The Morgan fingerprint density at radius 3 is 2.82 bits per heavy atom. The summed E-state index contributed by atoms with van der Waals surface area (Å²) in [5.74, 6) is 2.56. The Balaban J connectivity index is 1.68. The largest absolute Gasteiger partial charge is 0.492 e. The number of benzene rings is 1. The third-order valence-corrected chi connectivity index (χ3v) is 6.63. The summed E-state index contributed by atoms with van der Waals surface area (Å²) in [6, 6.07) is 2.13. The molecule has 0 amide bonds. The molecule has 1 fully saturated rings. The standard InChI is InChI=1S/C22H32NO5/c1-22(2)12-15(7-9-28-22)17(24)11-16-19-14(6-8-23(16,3)4)10-18-20(21(19)25-5)27-13-26-18/h10,15-16H,6-9,11-13H2,1-5H3/q+1/t15-,16-/m0/s1. The Hall–Kier alpha value is -1.79. The van der Waals surface area contributed by atoms with Gasteiger partial charge in [-0.2, -0.15) is 0 Å². The van der Waals surface area contributed by atoms with Gasteiger partial charge in [-0.3, -0.25) is 4.79 Å². The van der Waals surface area contributed by atoms with Gasteiger partial charge in [0.2, 0.25) is 12.5 Å². The highest BCUT2D eigenvalue weighted by Gasteiger charge is 2.44. The predicted molar refractivity (Wildman–Crippen MR) is 105 cm³/mol. The first-order valence-corrected chi connectivity index (χ1v) is 10.2. The minimum atomic E-state index is -0.225. The van der Waals surface area contributed by atoms with Crippen molar-refractivity contribution in [3.8, 4) is 17.2 Å². The van der Waals surface area contributed by atoms with E-state index in [0.29, 0.717) is 24.6 Å². The summed E-state index contributed by atoms with van der Waals surface area (Å²) in [5, 5.41) is 0. The highest BCUT2D eigenvalue weighted by Crippen LogP contribution is 2.51. The second kappa shape index (κ2) is 6.92. The van der Waals surface area contributed by atoms with Crippen molar-refractivity contribution in [2.75, 3.05) is 41.1 Å². The lowest BCUT2D eigenvalue weighted by Gasteiger charge is -2.44. The summed E-state index contributed by atoms with van der Waals surface area (Å²) in [7, 11) is 6.09. The Bertz CT molecular complexity index is 786. The normalized spacial score (nSPS) is 27.2. The van der Waals surface area contributed by atoms with Crippen molar-refractivity contribution < 1.29 is 28.2 Å². The molecule has 6 heteroatoms.